The zero-order valence-electron chi connectivity index (χ0n) is 19.7. The van der Waals surface area contributed by atoms with Crippen molar-refractivity contribution in [2.75, 3.05) is 0 Å². The fourth-order valence-corrected chi connectivity index (χ4v) is 4.13. The summed E-state index contributed by atoms with van der Waals surface area (Å²) in [6, 6.07) is 17.1. The van der Waals surface area contributed by atoms with Crippen LogP contribution in [0.1, 0.15) is 32.9 Å². The topological polar surface area (TPSA) is 90.1 Å². The molecule has 0 unspecified atom stereocenters. The maximum Gasteiger partial charge on any atom is 0.251 e. The van der Waals surface area contributed by atoms with E-state index in [1.807, 2.05) is 69.3 Å². The van der Waals surface area contributed by atoms with Gasteiger partial charge in [0.15, 0.2) is 0 Å². The van der Waals surface area contributed by atoms with Crippen LogP contribution in [0.15, 0.2) is 77.7 Å². The van der Waals surface area contributed by atoms with Crippen LogP contribution in [0, 0.1) is 20.8 Å². The largest absolute Gasteiger partial charge is 0.456 e. The predicted octanol–water partition coefficient (Wildman–Crippen LogP) is 5.93. The molecule has 0 bridgehead atoms. The van der Waals surface area contributed by atoms with Crippen LogP contribution < -0.4 is 10.1 Å². The first-order valence-corrected chi connectivity index (χ1v) is 11.3. The summed E-state index contributed by atoms with van der Waals surface area (Å²) in [6.45, 7) is 6.13. The number of carbonyl (C=O) groups is 1. The summed E-state index contributed by atoms with van der Waals surface area (Å²) in [6.07, 6.45) is 5.13. The number of ether oxygens (including phenoxy) is 1. The number of pyridine rings is 2. The van der Waals surface area contributed by atoms with E-state index in [0.29, 0.717) is 23.6 Å². The van der Waals surface area contributed by atoms with Crippen molar-refractivity contribution in [1.82, 2.24) is 20.4 Å². The van der Waals surface area contributed by atoms with Crippen molar-refractivity contribution >= 4 is 16.8 Å². The molecule has 3 aromatic heterocycles. The van der Waals surface area contributed by atoms with Crippen molar-refractivity contribution in [2.45, 2.75) is 27.3 Å². The van der Waals surface area contributed by atoms with E-state index in [1.165, 1.54) is 0 Å². The molecular weight excluding hydrogens is 440 g/mol. The number of rotatable bonds is 6. The minimum Gasteiger partial charge on any atom is -0.456 e. The first-order valence-electron chi connectivity index (χ1n) is 11.3. The summed E-state index contributed by atoms with van der Waals surface area (Å²) in [5.74, 6) is 1.89. The van der Waals surface area contributed by atoms with E-state index in [9.17, 15) is 4.79 Å². The van der Waals surface area contributed by atoms with Gasteiger partial charge in [0.2, 0.25) is 0 Å². The average molecular weight is 465 g/mol. The molecule has 0 aliphatic carbocycles. The smallest absolute Gasteiger partial charge is 0.251 e. The van der Waals surface area contributed by atoms with E-state index in [2.05, 4.69) is 20.4 Å². The van der Waals surface area contributed by atoms with Gasteiger partial charge in [0, 0.05) is 47.2 Å². The summed E-state index contributed by atoms with van der Waals surface area (Å²) in [4.78, 5) is 21.4. The van der Waals surface area contributed by atoms with Crippen LogP contribution in [0.25, 0.3) is 22.0 Å². The van der Waals surface area contributed by atoms with Crippen molar-refractivity contribution in [2.24, 2.45) is 0 Å². The number of amides is 1. The monoisotopic (exact) mass is 464 g/mol. The fourth-order valence-electron chi connectivity index (χ4n) is 4.13. The molecule has 0 atom stereocenters. The number of nitrogens with one attached hydrogen (secondary N) is 1. The number of hydrogen-bond acceptors (Lipinski definition) is 6. The second-order valence-corrected chi connectivity index (χ2v) is 8.31. The molecule has 0 fully saturated rings. The molecule has 174 valence electrons. The van der Waals surface area contributed by atoms with E-state index in [1.54, 1.807) is 24.7 Å². The number of nitrogens with zero attached hydrogens (tertiary/aromatic N) is 3. The lowest BCUT2D eigenvalue weighted by Crippen LogP contribution is -2.23. The highest BCUT2D eigenvalue weighted by molar-refractivity contribution is 5.96. The third-order valence-corrected chi connectivity index (χ3v) is 5.98. The van der Waals surface area contributed by atoms with E-state index in [-0.39, 0.29) is 5.91 Å². The summed E-state index contributed by atoms with van der Waals surface area (Å²) >= 11 is 0. The zero-order chi connectivity index (χ0) is 24.4. The average Bonchev–Trinajstić information content (AvgIpc) is 3.22. The Morgan fingerprint density at radius 3 is 2.57 bits per heavy atom. The molecule has 35 heavy (non-hydrogen) atoms. The highest BCUT2D eigenvalue weighted by atomic mass is 16.5. The number of benzene rings is 2. The summed E-state index contributed by atoms with van der Waals surface area (Å²) in [5, 5.41) is 7.88. The predicted molar refractivity (Wildman–Crippen MR) is 133 cm³/mol. The molecule has 7 heteroatoms. The van der Waals surface area contributed by atoms with E-state index in [4.69, 9.17) is 9.26 Å². The minimum atomic E-state index is -0.159. The van der Waals surface area contributed by atoms with Gasteiger partial charge in [-0.3, -0.25) is 14.8 Å². The van der Waals surface area contributed by atoms with Crippen molar-refractivity contribution in [3.8, 4) is 22.6 Å². The summed E-state index contributed by atoms with van der Waals surface area (Å²) < 4.78 is 11.6. The maximum atomic E-state index is 12.9. The van der Waals surface area contributed by atoms with Gasteiger partial charge in [0.1, 0.15) is 17.3 Å². The zero-order valence-corrected chi connectivity index (χ0v) is 19.7. The third kappa shape index (κ3) is 4.48. The molecule has 5 rings (SSSR count). The summed E-state index contributed by atoms with van der Waals surface area (Å²) in [7, 11) is 0. The van der Waals surface area contributed by atoms with Gasteiger partial charge in [-0.15, -0.1) is 0 Å². The molecule has 0 aliphatic rings. The Kier molecular flexibility index (Phi) is 5.97. The second-order valence-electron chi connectivity index (χ2n) is 8.31. The van der Waals surface area contributed by atoms with Gasteiger partial charge in [0.25, 0.3) is 5.91 Å². The number of aryl methyl sites for hydroxylation is 2. The number of carbonyl (C=O) groups excluding carboxylic acids is 1. The van der Waals surface area contributed by atoms with Gasteiger partial charge in [-0.05, 0) is 74.4 Å². The highest BCUT2D eigenvalue weighted by Crippen LogP contribution is 2.35. The van der Waals surface area contributed by atoms with Crippen LogP contribution in [0.4, 0.5) is 0 Å². The molecule has 0 radical (unpaired) electrons. The van der Waals surface area contributed by atoms with Crippen LogP contribution >= 0.6 is 0 Å². The Labute approximate surface area is 202 Å². The van der Waals surface area contributed by atoms with E-state index in [0.717, 1.165) is 44.6 Å². The molecule has 5 aromatic rings. The van der Waals surface area contributed by atoms with Crippen LogP contribution in [-0.2, 0) is 6.54 Å². The molecule has 2 aromatic carbocycles. The molecular formula is C28H24N4O3. The Bertz CT molecular complexity index is 1510. The Hall–Kier alpha value is -4.52. The molecule has 0 saturated heterocycles. The van der Waals surface area contributed by atoms with E-state index >= 15 is 0 Å². The number of fused-ring (bicyclic) bond motifs is 1. The fraction of sp³-hybridized carbons (Fsp3) is 0.143. The standard InChI is InChI=1S/C28H24N4O3/c1-17-22(28(33)31-16-20-9-12-29-13-10-20)5-4-6-25(17)34-26-11-14-30-24-15-21(7-8-23(24)26)27-18(2)32-35-19(27)3/h4-15H,16H2,1-3H3,(H,31,33). The van der Waals surface area contributed by atoms with Crippen molar-refractivity contribution in [1.29, 1.82) is 0 Å². The van der Waals surface area contributed by atoms with Gasteiger partial charge >= 0.3 is 0 Å². The van der Waals surface area contributed by atoms with Gasteiger partial charge in [-0.2, -0.15) is 0 Å². The first kappa shape index (κ1) is 22.3. The lowest BCUT2D eigenvalue weighted by Gasteiger charge is -2.14. The van der Waals surface area contributed by atoms with Gasteiger partial charge in [-0.1, -0.05) is 17.3 Å². The van der Waals surface area contributed by atoms with Gasteiger partial charge in [0.05, 0.1) is 11.2 Å². The lowest BCUT2D eigenvalue weighted by molar-refractivity contribution is 0.0950. The molecule has 7 nitrogen and oxygen atoms in total. The summed E-state index contributed by atoms with van der Waals surface area (Å²) in [5.41, 5.74) is 5.90. The third-order valence-electron chi connectivity index (χ3n) is 5.98. The van der Waals surface area contributed by atoms with Crippen LogP contribution in [0.3, 0.4) is 0 Å². The Balaban J connectivity index is 1.41. The quantitative estimate of drug-likeness (QED) is 0.335. The molecule has 0 aliphatic heterocycles. The molecule has 0 saturated carbocycles. The SMILES string of the molecule is Cc1noc(C)c1-c1ccc2c(Oc3cccc(C(=O)NCc4ccncc4)c3C)ccnc2c1. The van der Waals surface area contributed by atoms with E-state index < -0.39 is 0 Å². The molecule has 0 spiro atoms. The lowest BCUT2D eigenvalue weighted by atomic mass is 10.0. The Morgan fingerprint density at radius 1 is 0.971 bits per heavy atom. The van der Waals surface area contributed by atoms with Gasteiger partial charge in [-0.25, -0.2) is 0 Å². The van der Waals surface area contributed by atoms with Crippen LogP contribution in [0.2, 0.25) is 0 Å². The minimum absolute atomic E-state index is 0.159. The van der Waals surface area contributed by atoms with Crippen molar-refractivity contribution in [3.63, 3.8) is 0 Å². The Morgan fingerprint density at radius 2 is 1.80 bits per heavy atom. The van der Waals surface area contributed by atoms with Gasteiger partial charge < -0.3 is 14.6 Å². The van der Waals surface area contributed by atoms with Crippen LogP contribution in [0.5, 0.6) is 11.5 Å². The van der Waals surface area contributed by atoms with Crippen molar-refractivity contribution < 1.29 is 14.1 Å². The van der Waals surface area contributed by atoms with Crippen LogP contribution in [-0.4, -0.2) is 21.0 Å². The maximum absolute atomic E-state index is 12.9. The molecule has 1 amide bonds. The van der Waals surface area contributed by atoms with Crippen molar-refractivity contribution in [3.05, 3.63) is 101 Å². The first-order chi connectivity index (χ1) is 17.0. The second kappa shape index (κ2) is 9.38. The normalized spacial score (nSPS) is 10.9. The molecule has 3 heterocycles. The number of aromatic nitrogens is 3. The number of hydrogen-bond donors (Lipinski definition) is 1. The molecule has 1 N–H and O–H groups in total. The highest BCUT2D eigenvalue weighted by Gasteiger charge is 2.16.